The van der Waals surface area contributed by atoms with E-state index in [4.69, 9.17) is 17.3 Å². The van der Waals surface area contributed by atoms with E-state index in [0.717, 1.165) is 26.9 Å². The summed E-state index contributed by atoms with van der Waals surface area (Å²) in [7, 11) is 0. The fourth-order valence-electron chi connectivity index (χ4n) is 1.84. The Morgan fingerprint density at radius 2 is 2.06 bits per heavy atom. The monoisotopic (exact) mass is 263 g/mol. The van der Waals surface area contributed by atoms with E-state index in [-0.39, 0.29) is 0 Å². The minimum Gasteiger partial charge on any atom is -0.324 e. The van der Waals surface area contributed by atoms with Crippen molar-refractivity contribution >= 4 is 27.8 Å². The molecule has 0 amide bonds. The lowest BCUT2D eigenvalue weighted by molar-refractivity contribution is 0.912. The summed E-state index contributed by atoms with van der Waals surface area (Å²) in [6.07, 6.45) is 1.85. The average molecular weight is 264 g/mol. The summed E-state index contributed by atoms with van der Waals surface area (Å²) < 4.78 is 2.09. The highest BCUT2D eigenvalue weighted by molar-refractivity contribution is 7.15. The van der Waals surface area contributed by atoms with Gasteiger partial charge in [-0.25, -0.2) is 4.98 Å². The third kappa shape index (κ3) is 1.74. The molecule has 0 spiro atoms. The molecular weight excluding hydrogens is 254 g/mol. The van der Waals surface area contributed by atoms with Crippen molar-refractivity contribution in [3.8, 4) is 11.3 Å². The predicted octanol–water partition coefficient (Wildman–Crippen LogP) is 3.17. The minimum atomic E-state index is 0.436. The average Bonchev–Trinajstić information content (AvgIpc) is 2.91. The number of halogens is 1. The van der Waals surface area contributed by atoms with Crippen LogP contribution in [-0.4, -0.2) is 9.38 Å². The van der Waals surface area contributed by atoms with Gasteiger partial charge in [-0.05, 0) is 17.7 Å². The van der Waals surface area contributed by atoms with E-state index < -0.39 is 0 Å². The molecule has 3 rings (SSSR count). The number of nitrogens with zero attached hydrogens (tertiary/aromatic N) is 2. The molecule has 86 valence electrons. The number of thiazole rings is 1. The van der Waals surface area contributed by atoms with E-state index in [0.29, 0.717) is 6.54 Å². The SMILES string of the molecule is NCc1ncc2scc(-c3ccc(Cl)cc3)n12. The molecule has 0 saturated heterocycles. The van der Waals surface area contributed by atoms with Crippen LogP contribution in [0.2, 0.25) is 5.02 Å². The summed E-state index contributed by atoms with van der Waals surface area (Å²) in [5, 5.41) is 2.85. The molecule has 0 atom stereocenters. The lowest BCUT2D eigenvalue weighted by atomic mass is 10.2. The molecule has 5 heteroatoms. The van der Waals surface area contributed by atoms with Gasteiger partial charge >= 0.3 is 0 Å². The molecule has 17 heavy (non-hydrogen) atoms. The minimum absolute atomic E-state index is 0.436. The third-order valence-electron chi connectivity index (χ3n) is 2.66. The number of benzene rings is 1. The van der Waals surface area contributed by atoms with Gasteiger partial charge in [0, 0.05) is 10.4 Å². The van der Waals surface area contributed by atoms with Gasteiger partial charge in [0.25, 0.3) is 0 Å². The first kappa shape index (κ1) is 10.8. The van der Waals surface area contributed by atoms with E-state index in [2.05, 4.69) is 14.8 Å². The summed E-state index contributed by atoms with van der Waals surface area (Å²) in [6.45, 7) is 0.436. The smallest absolute Gasteiger partial charge is 0.128 e. The number of aromatic nitrogens is 2. The number of nitrogens with two attached hydrogens (primary N) is 1. The summed E-state index contributed by atoms with van der Waals surface area (Å²) in [5.41, 5.74) is 7.92. The Morgan fingerprint density at radius 1 is 1.29 bits per heavy atom. The molecule has 0 unspecified atom stereocenters. The molecular formula is C12H10ClN3S. The van der Waals surface area contributed by atoms with Crippen LogP contribution >= 0.6 is 22.9 Å². The molecule has 0 aliphatic carbocycles. The van der Waals surface area contributed by atoms with E-state index >= 15 is 0 Å². The van der Waals surface area contributed by atoms with Crippen LogP contribution in [0.25, 0.3) is 16.1 Å². The number of hydrogen-bond acceptors (Lipinski definition) is 3. The number of hydrogen-bond donors (Lipinski definition) is 1. The van der Waals surface area contributed by atoms with Gasteiger partial charge in [-0.1, -0.05) is 23.7 Å². The van der Waals surface area contributed by atoms with Gasteiger partial charge in [-0.15, -0.1) is 11.3 Å². The lowest BCUT2D eigenvalue weighted by Gasteiger charge is -2.02. The normalized spacial score (nSPS) is 11.2. The lowest BCUT2D eigenvalue weighted by Crippen LogP contribution is -2.02. The summed E-state index contributed by atoms with van der Waals surface area (Å²) in [6, 6.07) is 7.78. The summed E-state index contributed by atoms with van der Waals surface area (Å²) in [4.78, 5) is 5.41. The van der Waals surface area contributed by atoms with Gasteiger partial charge in [0.15, 0.2) is 0 Å². The first-order valence-corrected chi connectivity index (χ1v) is 6.45. The third-order valence-corrected chi connectivity index (χ3v) is 3.78. The molecule has 3 aromatic rings. The van der Waals surface area contributed by atoms with Crippen LogP contribution in [0.3, 0.4) is 0 Å². The van der Waals surface area contributed by atoms with Crippen molar-refractivity contribution in [2.75, 3.05) is 0 Å². The molecule has 0 radical (unpaired) electrons. The number of fused-ring (bicyclic) bond motifs is 1. The van der Waals surface area contributed by atoms with E-state index in [1.54, 1.807) is 11.3 Å². The second-order valence-corrected chi connectivity index (χ2v) is 5.01. The zero-order chi connectivity index (χ0) is 11.8. The van der Waals surface area contributed by atoms with Crippen molar-refractivity contribution < 1.29 is 0 Å². The molecule has 2 aromatic heterocycles. The highest BCUT2D eigenvalue weighted by atomic mass is 35.5. The standard InChI is InChI=1S/C12H10ClN3S/c13-9-3-1-8(2-4-9)10-7-17-12-6-15-11(5-14)16(10)12/h1-4,6-7H,5,14H2. The van der Waals surface area contributed by atoms with Crippen molar-refractivity contribution in [3.05, 3.63) is 46.7 Å². The van der Waals surface area contributed by atoms with Gasteiger partial charge < -0.3 is 5.73 Å². The van der Waals surface area contributed by atoms with Gasteiger partial charge in [0.05, 0.1) is 18.4 Å². The zero-order valence-electron chi connectivity index (χ0n) is 8.93. The zero-order valence-corrected chi connectivity index (χ0v) is 10.5. The van der Waals surface area contributed by atoms with E-state index in [9.17, 15) is 0 Å². The molecule has 0 saturated carbocycles. The predicted molar refractivity (Wildman–Crippen MR) is 71.4 cm³/mol. The van der Waals surface area contributed by atoms with Crippen LogP contribution in [0.15, 0.2) is 35.8 Å². The van der Waals surface area contributed by atoms with Crippen molar-refractivity contribution in [2.45, 2.75) is 6.54 Å². The first-order valence-electron chi connectivity index (χ1n) is 5.19. The molecule has 3 nitrogen and oxygen atoms in total. The first-order chi connectivity index (χ1) is 8.29. The van der Waals surface area contributed by atoms with Crippen molar-refractivity contribution in [3.63, 3.8) is 0 Å². The molecule has 0 aliphatic rings. The van der Waals surface area contributed by atoms with Gasteiger partial charge in [0.1, 0.15) is 10.7 Å². The Morgan fingerprint density at radius 3 is 2.76 bits per heavy atom. The maximum absolute atomic E-state index is 5.89. The van der Waals surface area contributed by atoms with Gasteiger partial charge in [-0.3, -0.25) is 4.40 Å². The largest absolute Gasteiger partial charge is 0.324 e. The van der Waals surface area contributed by atoms with E-state index in [1.807, 2.05) is 30.5 Å². The molecule has 1 aromatic carbocycles. The van der Waals surface area contributed by atoms with Gasteiger partial charge in [0.2, 0.25) is 0 Å². The van der Waals surface area contributed by atoms with Crippen LogP contribution in [0, 0.1) is 0 Å². The van der Waals surface area contributed by atoms with Crippen LogP contribution in [0.5, 0.6) is 0 Å². The molecule has 0 fully saturated rings. The van der Waals surface area contributed by atoms with E-state index in [1.165, 1.54) is 0 Å². The highest BCUT2D eigenvalue weighted by Gasteiger charge is 2.10. The molecule has 2 N–H and O–H groups in total. The summed E-state index contributed by atoms with van der Waals surface area (Å²) >= 11 is 7.55. The quantitative estimate of drug-likeness (QED) is 0.772. The maximum atomic E-state index is 5.89. The Balaban J connectivity index is 2.22. The Hall–Kier alpha value is -1.36. The Kier molecular flexibility index (Phi) is 2.63. The number of rotatable bonds is 2. The molecule has 0 bridgehead atoms. The second kappa shape index (κ2) is 4.14. The topological polar surface area (TPSA) is 43.3 Å². The Labute approximate surface area is 107 Å². The van der Waals surface area contributed by atoms with Crippen molar-refractivity contribution in [1.82, 2.24) is 9.38 Å². The fraction of sp³-hybridized carbons (Fsp3) is 0.0833. The van der Waals surface area contributed by atoms with Gasteiger partial charge in [-0.2, -0.15) is 0 Å². The van der Waals surface area contributed by atoms with Crippen LogP contribution in [-0.2, 0) is 6.54 Å². The van der Waals surface area contributed by atoms with Crippen molar-refractivity contribution in [2.24, 2.45) is 5.73 Å². The highest BCUT2D eigenvalue weighted by Crippen LogP contribution is 2.28. The molecule has 2 heterocycles. The van der Waals surface area contributed by atoms with Crippen LogP contribution in [0.1, 0.15) is 5.82 Å². The number of imidazole rings is 1. The maximum Gasteiger partial charge on any atom is 0.128 e. The van der Waals surface area contributed by atoms with Crippen LogP contribution in [0.4, 0.5) is 0 Å². The molecule has 0 aliphatic heterocycles. The summed E-state index contributed by atoms with van der Waals surface area (Å²) in [5.74, 6) is 0.881. The Bertz CT molecular complexity index is 654. The van der Waals surface area contributed by atoms with Crippen molar-refractivity contribution in [1.29, 1.82) is 0 Å². The second-order valence-electron chi connectivity index (χ2n) is 3.68. The fourth-order valence-corrected chi connectivity index (χ4v) is 2.87. The van der Waals surface area contributed by atoms with Crippen LogP contribution < -0.4 is 5.73 Å².